The lowest BCUT2D eigenvalue weighted by Crippen LogP contribution is -2.51. The predicted octanol–water partition coefficient (Wildman–Crippen LogP) is 4.35. The number of rotatable bonds is 2. The largest absolute Gasteiger partial charge is 0.414 e. The molecule has 134 valence electrons. The van der Waals surface area contributed by atoms with Gasteiger partial charge in [-0.15, -0.1) is 0 Å². The van der Waals surface area contributed by atoms with Gasteiger partial charge in [0.05, 0.1) is 23.9 Å². The van der Waals surface area contributed by atoms with Crippen molar-refractivity contribution in [2.75, 3.05) is 0 Å². The Bertz CT molecular complexity index is 481. The normalized spacial score (nSPS) is 46.0. The van der Waals surface area contributed by atoms with E-state index in [2.05, 4.69) is 54.6 Å². The summed E-state index contributed by atoms with van der Waals surface area (Å²) in [6.07, 6.45) is 3.32. The van der Waals surface area contributed by atoms with E-state index in [1.165, 1.54) is 0 Å². The van der Waals surface area contributed by atoms with Gasteiger partial charge >= 0.3 is 0 Å². The number of hydrogen-bond acceptors (Lipinski definition) is 3. The summed E-state index contributed by atoms with van der Waals surface area (Å²) < 4.78 is 13.1. The Hall–Kier alpha value is 0.0969. The Kier molecular flexibility index (Phi) is 3.94. The van der Waals surface area contributed by atoms with Gasteiger partial charge in [0.15, 0.2) is 8.32 Å². The van der Waals surface area contributed by atoms with E-state index < -0.39 is 8.32 Å². The summed E-state index contributed by atoms with van der Waals surface area (Å²) in [5.74, 6) is 0.772. The molecule has 1 saturated carbocycles. The number of hydrogen-bond donors (Lipinski definition) is 1. The zero-order valence-electron chi connectivity index (χ0n) is 16.3. The number of fused-ring (bicyclic) bond motifs is 5. The molecular weight excluding hydrogens is 304 g/mol. The molecule has 0 radical (unpaired) electrons. The van der Waals surface area contributed by atoms with E-state index >= 15 is 0 Å². The van der Waals surface area contributed by atoms with Crippen molar-refractivity contribution in [3.63, 3.8) is 0 Å². The maximum atomic E-state index is 10.9. The molecule has 0 aromatic heterocycles. The van der Waals surface area contributed by atoms with Crippen molar-refractivity contribution >= 4 is 8.32 Å². The highest BCUT2D eigenvalue weighted by Crippen LogP contribution is 2.61. The van der Waals surface area contributed by atoms with Gasteiger partial charge in [-0.1, -0.05) is 34.6 Å². The molecule has 2 bridgehead atoms. The second kappa shape index (κ2) is 5.06. The molecule has 2 aliphatic heterocycles. The molecule has 3 rings (SSSR count). The van der Waals surface area contributed by atoms with Crippen molar-refractivity contribution in [3.8, 4) is 0 Å². The SMILES string of the molecule is CC1(C)C[C@@H]2[C@H]([C@H]1O)[C@@]1(C)C[C@@H](O[Si](C)(C)C(C)(C)C)C[C@@H]2O1. The van der Waals surface area contributed by atoms with E-state index in [9.17, 15) is 5.11 Å². The minimum Gasteiger partial charge on any atom is -0.414 e. The molecule has 3 nitrogen and oxygen atoms in total. The van der Waals surface area contributed by atoms with Gasteiger partial charge in [0, 0.05) is 12.3 Å². The summed E-state index contributed by atoms with van der Waals surface area (Å²) in [6.45, 7) is 18.2. The van der Waals surface area contributed by atoms with E-state index in [0.29, 0.717) is 12.0 Å². The first-order valence-corrected chi connectivity index (χ1v) is 12.2. The van der Waals surface area contributed by atoms with Crippen LogP contribution < -0.4 is 0 Å². The van der Waals surface area contributed by atoms with Crippen molar-refractivity contribution < 1.29 is 14.3 Å². The first kappa shape index (κ1) is 17.9. The van der Waals surface area contributed by atoms with Crippen molar-refractivity contribution in [2.45, 2.75) is 103 Å². The molecule has 0 spiro atoms. The molecule has 0 amide bonds. The zero-order chi connectivity index (χ0) is 17.4. The molecule has 1 aliphatic carbocycles. The van der Waals surface area contributed by atoms with Crippen molar-refractivity contribution in [3.05, 3.63) is 0 Å². The van der Waals surface area contributed by atoms with E-state index in [-0.39, 0.29) is 34.2 Å². The van der Waals surface area contributed by atoms with Crippen LogP contribution in [0.15, 0.2) is 0 Å². The molecule has 2 saturated heterocycles. The standard InChI is InChI=1S/C19H36O3Si/c1-17(2,3)23(7,8)22-12-9-14-13-11-18(4,5)16(20)15(13)19(6,10-12)21-14/h12-16,20H,9-11H2,1-8H3/t12-,13-,14-,15+,16+,19+/m0/s1. The fourth-order valence-electron chi connectivity index (χ4n) is 5.12. The number of aliphatic hydroxyl groups excluding tert-OH is 1. The first-order valence-electron chi connectivity index (χ1n) is 9.31. The summed E-state index contributed by atoms with van der Waals surface area (Å²) in [5.41, 5.74) is -0.195. The summed E-state index contributed by atoms with van der Waals surface area (Å²) in [5, 5.41) is 11.1. The monoisotopic (exact) mass is 340 g/mol. The van der Waals surface area contributed by atoms with E-state index in [1.807, 2.05) is 0 Å². The van der Waals surface area contributed by atoms with E-state index in [0.717, 1.165) is 19.3 Å². The smallest absolute Gasteiger partial charge is 0.192 e. The van der Waals surface area contributed by atoms with Gasteiger partial charge in [-0.3, -0.25) is 0 Å². The lowest BCUT2D eigenvalue weighted by atomic mass is 9.78. The Labute approximate surface area is 143 Å². The Morgan fingerprint density at radius 1 is 1.13 bits per heavy atom. The molecule has 2 heterocycles. The van der Waals surface area contributed by atoms with E-state index in [1.54, 1.807) is 0 Å². The fourth-order valence-corrected chi connectivity index (χ4v) is 6.49. The van der Waals surface area contributed by atoms with Crippen molar-refractivity contribution in [1.82, 2.24) is 0 Å². The molecule has 3 aliphatic rings. The van der Waals surface area contributed by atoms with Crippen LogP contribution in [0.4, 0.5) is 0 Å². The molecule has 23 heavy (non-hydrogen) atoms. The van der Waals surface area contributed by atoms with Crippen molar-refractivity contribution in [2.24, 2.45) is 17.3 Å². The third-order valence-corrected chi connectivity index (χ3v) is 11.9. The highest BCUT2D eigenvalue weighted by molar-refractivity contribution is 6.74. The quantitative estimate of drug-likeness (QED) is 0.760. The van der Waals surface area contributed by atoms with Gasteiger partial charge in [0.25, 0.3) is 0 Å². The van der Waals surface area contributed by atoms with Gasteiger partial charge in [-0.25, -0.2) is 0 Å². The van der Waals surface area contributed by atoms with E-state index in [4.69, 9.17) is 9.16 Å². The summed E-state index contributed by atoms with van der Waals surface area (Å²) in [4.78, 5) is 0. The predicted molar refractivity (Wildman–Crippen MR) is 96.0 cm³/mol. The topological polar surface area (TPSA) is 38.7 Å². The molecule has 3 fully saturated rings. The second-order valence-electron chi connectivity index (χ2n) is 10.7. The highest BCUT2D eigenvalue weighted by Gasteiger charge is 2.65. The molecular formula is C19H36O3Si. The van der Waals surface area contributed by atoms with Crippen LogP contribution in [0.2, 0.25) is 18.1 Å². The van der Waals surface area contributed by atoms with Crippen LogP contribution in [0.1, 0.15) is 60.8 Å². The fraction of sp³-hybridized carbons (Fsp3) is 1.00. The van der Waals surface area contributed by atoms with Crippen molar-refractivity contribution in [1.29, 1.82) is 0 Å². The average molecular weight is 341 g/mol. The third kappa shape index (κ3) is 2.74. The molecule has 1 N–H and O–H groups in total. The molecule has 0 aromatic carbocycles. The van der Waals surface area contributed by atoms with Crippen LogP contribution in [0.5, 0.6) is 0 Å². The summed E-state index contributed by atoms with van der Waals surface area (Å²) in [7, 11) is -1.76. The minimum absolute atomic E-state index is 0.0196. The van der Waals surface area contributed by atoms with Gasteiger partial charge in [0.1, 0.15) is 0 Å². The van der Waals surface area contributed by atoms with Crippen LogP contribution in [0.25, 0.3) is 0 Å². The molecule has 0 aromatic rings. The Morgan fingerprint density at radius 3 is 2.30 bits per heavy atom. The highest BCUT2D eigenvalue weighted by atomic mass is 28.4. The van der Waals surface area contributed by atoms with Gasteiger partial charge in [0.2, 0.25) is 0 Å². The van der Waals surface area contributed by atoms with Gasteiger partial charge in [-0.2, -0.15) is 0 Å². The van der Waals surface area contributed by atoms with Crippen LogP contribution in [0, 0.1) is 17.3 Å². The maximum absolute atomic E-state index is 10.9. The molecule has 0 unspecified atom stereocenters. The second-order valence-corrected chi connectivity index (χ2v) is 15.5. The lowest BCUT2D eigenvalue weighted by molar-refractivity contribution is -0.142. The lowest BCUT2D eigenvalue weighted by Gasteiger charge is -2.45. The molecule has 4 heteroatoms. The van der Waals surface area contributed by atoms with Gasteiger partial charge in [-0.05, 0) is 49.2 Å². The Morgan fingerprint density at radius 2 is 1.74 bits per heavy atom. The average Bonchev–Trinajstić information content (AvgIpc) is 2.68. The number of ether oxygens (including phenoxy) is 1. The maximum Gasteiger partial charge on any atom is 0.192 e. The zero-order valence-corrected chi connectivity index (χ0v) is 17.3. The first-order chi connectivity index (χ1) is 10.3. The Balaban J connectivity index is 1.79. The molecule has 6 atom stereocenters. The van der Waals surface area contributed by atoms with Crippen LogP contribution in [0.3, 0.4) is 0 Å². The van der Waals surface area contributed by atoms with Crippen LogP contribution >= 0.6 is 0 Å². The summed E-state index contributed by atoms with van der Waals surface area (Å²) in [6, 6.07) is 0. The number of aliphatic hydroxyl groups is 1. The third-order valence-electron chi connectivity index (χ3n) is 7.36. The minimum atomic E-state index is -1.76. The van der Waals surface area contributed by atoms with Crippen LogP contribution in [-0.4, -0.2) is 37.3 Å². The van der Waals surface area contributed by atoms with Crippen LogP contribution in [-0.2, 0) is 9.16 Å². The van der Waals surface area contributed by atoms with Gasteiger partial charge < -0.3 is 14.3 Å². The summed E-state index contributed by atoms with van der Waals surface area (Å²) >= 11 is 0.